The van der Waals surface area contributed by atoms with Gasteiger partial charge in [-0.2, -0.15) is 0 Å². The van der Waals surface area contributed by atoms with Crippen LogP contribution < -0.4 is 5.32 Å². The second-order valence-electron chi connectivity index (χ2n) is 5.92. The highest BCUT2D eigenvalue weighted by molar-refractivity contribution is 7.91. The molecule has 1 aliphatic heterocycles. The van der Waals surface area contributed by atoms with E-state index in [0.717, 1.165) is 12.1 Å². The Bertz CT molecular complexity index is 734. The molecule has 2 N–H and O–H groups in total. The molecule has 1 fully saturated rings. The maximum absolute atomic E-state index is 13.0. The van der Waals surface area contributed by atoms with Gasteiger partial charge in [-0.25, -0.2) is 12.8 Å². The van der Waals surface area contributed by atoms with Crippen LogP contribution in [-0.4, -0.2) is 80.7 Å². The summed E-state index contributed by atoms with van der Waals surface area (Å²) in [6, 6.07) is 4.66. The molecule has 1 aliphatic rings. The zero-order chi connectivity index (χ0) is 19.2. The maximum atomic E-state index is 13.0. The maximum Gasteiger partial charge on any atom is 0.253 e. The molecular weight excluding hydrogens is 367 g/mol. The number of carbonyl (C=O) groups excluding carboxylic acids is 2. The summed E-state index contributed by atoms with van der Waals surface area (Å²) in [7, 11) is -3.82. The number of aliphatic hydroxyl groups excluding tert-OH is 1. The number of nitrogens with zero attached hydrogens (tertiary/aromatic N) is 1. The average molecular weight is 388 g/mol. The fourth-order valence-electron chi connectivity index (χ4n) is 2.72. The number of benzene rings is 1. The van der Waals surface area contributed by atoms with Crippen molar-refractivity contribution in [2.45, 2.75) is 5.66 Å². The minimum Gasteiger partial charge on any atom is -0.395 e. The molecule has 1 heterocycles. The summed E-state index contributed by atoms with van der Waals surface area (Å²) in [5.41, 5.74) is -1.71. The number of rotatable bonds is 8. The first-order chi connectivity index (χ1) is 12.3. The second-order valence-corrected chi connectivity index (χ2v) is 8.10. The van der Waals surface area contributed by atoms with Gasteiger partial charge in [0, 0.05) is 18.7 Å². The highest BCUT2D eigenvalue weighted by Crippen LogP contribution is 2.17. The van der Waals surface area contributed by atoms with Crippen LogP contribution >= 0.6 is 0 Å². The molecule has 10 heteroatoms. The van der Waals surface area contributed by atoms with E-state index >= 15 is 0 Å². The molecule has 2 rings (SSSR count). The molecule has 1 atom stereocenters. The van der Waals surface area contributed by atoms with Gasteiger partial charge in [0.2, 0.25) is 0 Å². The summed E-state index contributed by atoms with van der Waals surface area (Å²) in [5, 5.41) is 11.4. The molecule has 144 valence electrons. The molecule has 1 aromatic carbocycles. The van der Waals surface area contributed by atoms with Gasteiger partial charge in [-0.1, -0.05) is 0 Å². The Labute approximate surface area is 150 Å². The Morgan fingerprint density at radius 2 is 1.92 bits per heavy atom. The lowest BCUT2D eigenvalue weighted by atomic mass is 10.1. The molecule has 8 nitrogen and oxygen atoms in total. The zero-order valence-electron chi connectivity index (χ0n) is 14.1. The molecule has 0 radical (unpaired) electrons. The van der Waals surface area contributed by atoms with E-state index in [1.54, 1.807) is 0 Å². The van der Waals surface area contributed by atoms with Crippen LogP contribution in [0, 0.1) is 5.82 Å². The topological polar surface area (TPSA) is 113 Å². The summed E-state index contributed by atoms with van der Waals surface area (Å²) in [4.78, 5) is 26.0. The van der Waals surface area contributed by atoms with E-state index in [2.05, 4.69) is 5.32 Å². The van der Waals surface area contributed by atoms with Gasteiger partial charge in [0.1, 0.15) is 5.82 Å². The van der Waals surface area contributed by atoms with Crippen LogP contribution in [0.15, 0.2) is 24.3 Å². The van der Waals surface area contributed by atoms with Crippen molar-refractivity contribution in [1.82, 2.24) is 10.2 Å². The first-order valence-corrected chi connectivity index (χ1v) is 9.82. The molecular formula is C16H21FN2O6S. The van der Waals surface area contributed by atoms with Crippen molar-refractivity contribution in [3.05, 3.63) is 35.6 Å². The number of hydrogen-bond acceptors (Lipinski definition) is 7. The van der Waals surface area contributed by atoms with Gasteiger partial charge >= 0.3 is 0 Å². The highest BCUT2D eigenvalue weighted by atomic mass is 32.2. The summed E-state index contributed by atoms with van der Waals surface area (Å²) in [6.45, 7) is 0.463. The lowest BCUT2D eigenvalue weighted by Gasteiger charge is -2.41. The number of ether oxygens (including phenoxy) is 1. The summed E-state index contributed by atoms with van der Waals surface area (Å²) < 4.78 is 42.7. The first kappa shape index (κ1) is 20.4. The summed E-state index contributed by atoms with van der Waals surface area (Å²) in [6.07, 6.45) is 0.384. The van der Waals surface area contributed by atoms with Crippen molar-refractivity contribution in [2.24, 2.45) is 0 Å². The minimum atomic E-state index is -3.82. The third-order valence-corrected chi connectivity index (χ3v) is 5.73. The smallest absolute Gasteiger partial charge is 0.253 e. The fourth-order valence-corrected chi connectivity index (χ4v) is 4.14. The van der Waals surface area contributed by atoms with E-state index < -0.39 is 45.3 Å². The number of morpholine rings is 1. The predicted molar refractivity (Wildman–Crippen MR) is 90.8 cm³/mol. The molecule has 0 aliphatic carbocycles. The molecule has 0 saturated carbocycles. The Morgan fingerprint density at radius 3 is 2.46 bits per heavy atom. The molecule has 26 heavy (non-hydrogen) atoms. The molecule has 1 amide bonds. The Morgan fingerprint density at radius 1 is 1.31 bits per heavy atom. The monoisotopic (exact) mass is 388 g/mol. The quantitative estimate of drug-likeness (QED) is 0.560. The van der Waals surface area contributed by atoms with Crippen molar-refractivity contribution in [3.63, 3.8) is 0 Å². The van der Waals surface area contributed by atoms with Crippen molar-refractivity contribution in [2.75, 3.05) is 44.4 Å². The molecule has 0 unspecified atom stereocenters. The normalized spacial score (nSPS) is 18.1. The molecule has 1 aromatic rings. The summed E-state index contributed by atoms with van der Waals surface area (Å²) >= 11 is 0. The SMILES string of the molecule is O=C[C@@](CS(=O)(=O)CCO)(NC(=O)c1ccc(F)cc1)N1CCOCC1. The van der Waals surface area contributed by atoms with E-state index in [0.29, 0.717) is 6.29 Å². The van der Waals surface area contributed by atoms with Crippen LogP contribution in [-0.2, 0) is 19.4 Å². The molecule has 0 aromatic heterocycles. The first-order valence-electron chi connectivity index (χ1n) is 8.00. The van der Waals surface area contributed by atoms with Crippen LogP contribution in [0.1, 0.15) is 10.4 Å². The lowest BCUT2D eigenvalue weighted by molar-refractivity contribution is -0.122. The number of amides is 1. The van der Waals surface area contributed by atoms with Crippen LogP contribution in [0.4, 0.5) is 4.39 Å². The summed E-state index contributed by atoms with van der Waals surface area (Å²) in [5.74, 6) is -2.44. The van der Waals surface area contributed by atoms with Crippen LogP contribution in [0.5, 0.6) is 0 Å². The van der Waals surface area contributed by atoms with Gasteiger partial charge < -0.3 is 15.2 Å². The van der Waals surface area contributed by atoms with Crippen LogP contribution in [0.25, 0.3) is 0 Å². The minimum absolute atomic E-state index is 0.0884. The van der Waals surface area contributed by atoms with Gasteiger partial charge in [0.15, 0.2) is 21.8 Å². The van der Waals surface area contributed by atoms with Crippen molar-refractivity contribution < 1.29 is 32.2 Å². The largest absolute Gasteiger partial charge is 0.395 e. The highest BCUT2D eigenvalue weighted by Gasteiger charge is 2.43. The molecule has 0 bridgehead atoms. The van der Waals surface area contributed by atoms with E-state index in [-0.39, 0.29) is 31.9 Å². The van der Waals surface area contributed by atoms with Gasteiger partial charge in [-0.3, -0.25) is 14.5 Å². The van der Waals surface area contributed by atoms with Crippen LogP contribution in [0.3, 0.4) is 0 Å². The number of halogens is 1. The van der Waals surface area contributed by atoms with Crippen LogP contribution in [0.2, 0.25) is 0 Å². The standard InChI is InChI=1S/C16H21FN2O6S/c17-14-3-1-13(2-4-14)15(22)18-16(11-21,12-26(23,24)10-7-20)19-5-8-25-9-6-19/h1-4,11,20H,5-10,12H2,(H,18,22)/t16-/m1/s1. The van der Waals surface area contributed by atoms with E-state index in [1.807, 2.05) is 0 Å². The molecule has 0 spiro atoms. The van der Waals surface area contributed by atoms with E-state index in [4.69, 9.17) is 9.84 Å². The van der Waals surface area contributed by atoms with Gasteiger partial charge in [0.25, 0.3) is 5.91 Å². The van der Waals surface area contributed by atoms with Gasteiger partial charge in [0.05, 0.1) is 31.3 Å². The van der Waals surface area contributed by atoms with E-state index in [9.17, 15) is 22.4 Å². The number of sulfone groups is 1. The number of aldehydes is 1. The number of carbonyl (C=O) groups is 2. The Balaban J connectivity index is 2.33. The zero-order valence-corrected chi connectivity index (χ0v) is 14.9. The molecule has 1 saturated heterocycles. The Kier molecular flexibility index (Phi) is 6.81. The Hall–Kier alpha value is -1.88. The fraction of sp³-hybridized carbons (Fsp3) is 0.500. The third kappa shape index (κ3) is 5.07. The third-order valence-electron chi connectivity index (χ3n) is 4.05. The second kappa shape index (κ2) is 8.67. The van der Waals surface area contributed by atoms with Crippen molar-refractivity contribution >= 4 is 22.0 Å². The number of aliphatic hydroxyl groups is 1. The van der Waals surface area contributed by atoms with Gasteiger partial charge in [-0.15, -0.1) is 0 Å². The number of nitrogens with one attached hydrogen (secondary N) is 1. The average Bonchev–Trinajstić information content (AvgIpc) is 2.62. The van der Waals surface area contributed by atoms with Crippen molar-refractivity contribution in [1.29, 1.82) is 0 Å². The predicted octanol–water partition coefficient (Wildman–Crippen LogP) is -0.810. The lowest BCUT2D eigenvalue weighted by Crippen LogP contribution is -2.67. The number of hydrogen-bond donors (Lipinski definition) is 2. The van der Waals surface area contributed by atoms with Crippen molar-refractivity contribution in [3.8, 4) is 0 Å². The van der Waals surface area contributed by atoms with Gasteiger partial charge in [-0.05, 0) is 24.3 Å². The van der Waals surface area contributed by atoms with E-state index in [1.165, 1.54) is 17.0 Å².